The first kappa shape index (κ1) is 8.63. The third-order valence-corrected chi connectivity index (χ3v) is 1.35. The summed E-state index contributed by atoms with van der Waals surface area (Å²) in [6.45, 7) is 7.41. The Hall–Kier alpha value is -0.370. The lowest BCUT2D eigenvalue weighted by molar-refractivity contribution is 1.34. The summed E-state index contributed by atoms with van der Waals surface area (Å²) in [6, 6.07) is 0. The van der Waals surface area contributed by atoms with E-state index in [0.717, 1.165) is 10.2 Å². The Kier molecular flexibility index (Phi) is 4.32. The lowest BCUT2D eigenvalue weighted by Gasteiger charge is -1.85. The first-order valence-corrected chi connectivity index (χ1v) is 3.47. The third-order valence-electron chi connectivity index (χ3n) is 0.684. The van der Waals surface area contributed by atoms with Gasteiger partial charge in [-0.2, -0.15) is 0 Å². The first-order valence-electron chi connectivity index (χ1n) is 2.68. The number of halogens is 1. The molecule has 0 saturated carbocycles. The summed E-state index contributed by atoms with van der Waals surface area (Å²) in [4.78, 5) is 3.96. The Morgan fingerprint density at radius 3 is 2.56 bits per heavy atom. The minimum Gasteiger partial charge on any atom is -0.261 e. The van der Waals surface area contributed by atoms with Crippen LogP contribution in [0.1, 0.15) is 13.8 Å². The molecular weight excluding hydrogens is 178 g/mol. The van der Waals surface area contributed by atoms with E-state index >= 15 is 0 Å². The lowest BCUT2D eigenvalue weighted by Crippen LogP contribution is -1.71. The van der Waals surface area contributed by atoms with Crippen molar-refractivity contribution in [2.45, 2.75) is 13.8 Å². The van der Waals surface area contributed by atoms with Crippen molar-refractivity contribution >= 4 is 22.1 Å². The molecule has 2 heteroatoms. The van der Waals surface area contributed by atoms with Crippen LogP contribution in [0.15, 0.2) is 27.8 Å². The fourth-order valence-corrected chi connectivity index (χ4v) is 0.349. The molecule has 0 spiro atoms. The van der Waals surface area contributed by atoms with Crippen molar-refractivity contribution in [1.29, 1.82) is 0 Å². The zero-order valence-corrected chi connectivity index (χ0v) is 7.27. The van der Waals surface area contributed by atoms with Gasteiger partial charge in [0.1, 0.15) is 0 Å². The van der Waals surface area contributed by atoms with Crippen molar-refractivity contribution < 1.29 is 0 Å². The van der Waals surface area contributed by atoms with Crippen LogP contribution >= 0.6 is 15.9 Å². The largest absolute Gasteiger partial charge is 0.261 e. The van der Waals surface area contributed by atoms with Crippen molar-refractivity contribution in [3.63, 3.8) is 0 Å². The average molecular weight is 188 g/mol. The van der Waals surface area contributed by atoms with E-state index in [-0.39, 0.29) is 0 Å². The molecule has 0 saturated heterocycles. The molecule has 0 aromatic rings. The summed E-state index contributed by atoms with van der Waals surface area (Å²) in [5.74, 6) is 0. The number of allylic oxidation sites excluding steroid dienone is 3. The maximum absolute atomic E-state index is 3.96. The van der Waals surface area contributed by atoms with E-state index in [1.807, 2.05) is 19.9 Å². The van der Waals surface area contributed by atoms with Crippen LogP contribution in [-0.2, 0) is 0 Å². The number of hydrogen-bond acceptors (Lipinski definition) is 1. The maximum atomic E-state index is 3.96. The Bertz CT molecular complexity index is 156. The fraction of sp³-hybridized carbons (Fsp3) is 0.286. The first-order chi connectivity index (χ1) is 4.16. The van der Waals surface area contributed by atoms with E-state index in [4.69, 9.17) is 0 Å². The monoisotopic (exact) mass is 187 g/mol. The Morgan fingerprint density at radius 2 is 2.22 bits per heavy atom. The summed E-state index contributed by atoms with van der Waals surface area (Å²) in [5, 5.41) is 0. The average Bonchev–Trinajstić information content (AvgIpc) is 1.83. The van der Waals surface area contributed by atoms with Crippen LogP contribution in [0.25, 0.3) is 0 Å². The lowest BCUT2D eigenvalue weighted by atomic mass is 10.5. The molecule has 0 aromatic heterocycles. The van der Waals surface area contributed by atoms with Gasteiger partial charge in [0.15, 0.2) is 0 Å². The molecule has 0 aliphatic heterocycles. The van der Waals surface area contributed by atoms with Crippen molar-refractivity contribution in [3.05, 3.63) is 22.8 Å². The predicted molar refractivity (Wildman–Crippen MR) is 46.0 cm³/mol. The molecule has 0 aliphatic rings. The molecule has 0 atom stereocenters. The summed E-state index contributed by atoms with van der Waals surface area (Å²) in [7, 11) is 0. The summed E-state index contributed by atoms with van der Waals surface area (Å²) in [5.41, 5.74) is 0.814. The second-order valence-corrected chi connectivity index (χ2v) is 2.58. The number of rotatable bonds is 2. The van der Waals surface area contributed by atoms with E-state index < -0.39 is 0 Å². The normalized spacial score (nSPS) is 12.6. The molecule has 0 amide bonds. The molecular formula is C7H10BrN. The highest BCUT2D eigenvalue weighted by Crippen LogP contribution is 2.00. The van der Waals surface area contributed by atoms with Crippen LogP contribution < -0.4 is 0 Å². The third kappa shape index (κ3) is 5.50. The van der Waals surface area contributed by atoms with Gasteiger partial charge < -0.3 is 0 Å². The SMILES string of the molecule is C=C(C)N=C/C(Br)=C\C. The molecule has 50 valence electrons. The van der Waals surface area contributed by atoms with Crippen molar-refractivity contribution in [1.82, 2.24) is 0 Å². The van der Waals surface area contributed by atoms with Crippen LogP contribution in [0.3, 0.4) is 0 Å². The van der Waals surface area contributed by atoms with E-state index in [1.54, 1.807) is 6.21 Å². The fourth-order valence-electron chi connectivity index (χ4n) is 0.246. The summed E-state index contributed by atoms with van der Waals surface area (Å²) < 4.78 is 0.977. The van der Waals surface area contributed by atoms with Crippen LogP contribution in [0, 0.1) is 0 Å². The van der Waals surface area contributed by atoms with Crippen molar-refractivity contribution in [2.75, 3.05) is 0 Å². The molecule has 0 fully saturated rings. The van der Waals surface area contributed by atoms with Gasteiger partial charge in [0.25, 0.3) is 0 Å². The smallest absolute Gasteiger partial charge is 0.0409 e. The molecule has 0 aromatic carbocycles. The number of hydrogen-bond donors (Lipinski definition) is 0. The number of aliphatic imine (C=N–C) groups is 1. The minimum atomic E-state index is 0.814. The van der Waals surface area contributed by atoms with E-state index in [2.05, 4.69) is 27.5 Å². The zero-order valence-electron chi connectivity index (χ0n) is 5.69. The van der Waals surface area contributed by atoms with Crippen molar-refractivity contribution in [3.8, 4) is 0 Å². The summed E-state index contributed by atoms with van der Waals surface area (Å²) >= 11 is 3.28. The molecule has 0 heterocycles. The topological polar surface area (TPSA) is 12.4 Å². The maximum Gasteiger partial charge on any atom is 0.0409 e. The van der Waals surface area contributed by atoms with Crippen LogP contribution in [0.2, 0.25) is 0 Å². The molecule has 0 bridgehead atoms. The standard InChI is InChI=1S/C7H10BrN/c1-4-7(8)5-9-6(2)3/h4-5H,2H2,1,3H3/b7-4+,9-5?. The van der Waals surface area contributed by atoms with Gasteiger partial charge in [0.05, 0.1) is 0 Å². The van der Waals surface area contributed by atoms with Gasteiger partial charge in [0.2, 0.25) is 0 Å². The minimum absolute atomic E-state index is 0.814. The molecule has 1 nitrogen and oxygen atoms in total. The van der Waals surface area contributed by atoms with Gasteiger partial charge in [0, 0.05) is 16.4 Å². The quantitative estimate of drug-likeness (QED) is 0.590. The van der Waals surface area contributed by atoms with E-state index in [0.29, 0.717) is 0 Å². The summed E-state index contributed by atoms with van der Waals surface area (Å²) in [6.07, 6.45) is 3.65. The van der Waals surface area contributed by atoms with Crippen LogP contribution in [0.5, 0.6) is 0 Å². The Morgan fingerprint density at radius 1 is 1.67 bits per heavy atom. The zero-order chi connectivity index (χ0) is 7.28. The second kappa shape index (κ2) is 4.50. The van der Waals surface area contributed by atoms with Gasteiger partial charge in [-0.15, -0.1) is 0 Å². The Labute approximate surface area is 64.3 Å². The van der Waals surface area contributed by atoms with Crippen molar-refractivity contribution in [2.24, 2.45) is 4.99 Å². The highest BCUT2D eigenvalue weighted by molar-refractivity contribution is 9.12. The van der Waals surface area contributed by atoms with Gasteiger partial charge in [-0.3, -0.25) is 4.99 Å². The number of nitrogens with zero attached hydrogens (tertiary/aromatic N) is 1. The van der Waals surface area contributed by atoms with Gasteiger partial charge in [-0.05, 0) is 29.8 Å². The molecule has 0 radical (unpaired) electrons. The molecule has 0 rings (SSSR count). The van der Waals surface area contributed by atoms with E-state index in [9.17, 15) is 0 Å². The van der Waals surface area contributed by atoms with Crippen LogP contribution in [-0.4, -0.2) is 6.21 Å². The van der Waals surface area contributed by atoms with Gasteiger partial charge >= 0.3 is 0 Å². The highest BCUT2D eigenvalue weighted by Gasteiger charge is 1.79. The van der Waals surface area contributed by atoms with Gasteiger partial charge in [-0.1, -0.05) is 12.7 Å². The molecule has 0 unspecified atom stereocenters. The highest BCUT2D eigenvalue weighted by atomic mass is 79.9. The molecule has 9 heavy (non-hydrogen) atoms. The van der Waals surface area contributed by atoms with Gasteiger partial charge in [-0.25, -0.2) is 0 Å². The van der Waals surface area contributed by atoms with E-state index in [1.165, 1.54) is 0 Å². The van der Waals surface area contributed by atoms with Crippen LogP contribution in [0.4, 0.5) is 0 Å². The Balaban J connectivity index is 3.86. The molecule has 0 N–H and O–H groups in total. The second-order valence-electron chi connectivity index (χ2n) is 1.67. The predicted octanol–water partition coefficient (Wildman–Crippen LogP) is 2.89. The molecule has 0 aliphatic carbocycles.